The number of halogens is 2. The zero-order valence-electron chi connectivity index (χ0n) is 8.00. The highest BCUT2D eigenvalue weighted by molar-refractivity contribution is 9.10. The Labute approximate surface area is 109 Å². The van der Waals surface area contributed by atoms with E-state index in [1.807, 2.05) is 24.3 Å². The van der Waals surface area contributed by atoms with E-state index >= 15 is 0 Å². The largest absolute Gasteiger partial charge is 0.506 e. The molecule has 0 unspecified atom stereocenters. The summed E-state index contributed by atoms with van der Waals surface area (Å²) in [6.45, 7) is 0. The summed E-state index contributed by atoms with van der Waals surface area (Å²) in [5, 5.41) is 12.7. The van der Waals surface area contributed by atoms with Gasteiger partial charge in [0.1, 0.15) is 5.75 Å². The number of aromatic hydroxyl groups is 1. The lowest BCUT2D eigenvalue weighted by molar-refractivity contribution is 0.482. The Morgan fingerprint density at radius 2 is 1.94 bits per heavy atom. The molecule has 4 heteroatoms. The maximum atomic E-state index is 9.87. The third-order valence-corrected chi connectivity index (χ3v) is 4.38. The predicted octanol–water partition coefficient (Wildman–Crippen LogP) is 5.18. The van der Waals surface area contributed by atoms with E-state index in [2.05, 4.69) is 15.9 Å². The highest BCUT2D eigenvalue weighted by atomic mass is 79.9. The number of hydrogen-bond donors (Lipinski definition) is 1. The molecule has 0 amide bonds. The lowest BCUT2D eigenvalue weighted by Gasteiger charge is -1.96. The molecule has 16 heavy (non-hydrogen) atoms. The Morgan fingerprint density at radius 1 is 1.12 bits per heavy atom. The van der Waals surface area contributed by atoms with Crippen LogP contribution < -0.4 is 0 Å². The van der Waals surface area contributed by atoms with Crippen molar-refractivity contribution in [3.8, 4) is 5.75 Å². The smallest absolute Gasteiger partial charge is 0.134 e. The third-order valence-electron chi connectivity index (χ3n) is 2.48. The highest BCUT2D eigenvalue weighted by Crippen LogP contribution is 2.41. The summed E-state index contributed by atoms with van der Waals surface area (Å²) < 4.78 is 2.91. The Kier molecular flexibility index (Phi) is 2.35. The Bertz CT molecular complexity index is 705. The molecule has 2 aromatic carbocycles. The van der Waals surface area contributed by atoms with E-state index in [9.17, 15) is 5.11 Å². The van der Waals surface area contributed by atoms with E-state index < -0.39 is 0 Å². The number of phenols is 1. The summed E-state index contributed by atoms with van der Waals surface area (Å²) in [7, 11) is 0. The van der Waals surface area contributed by atoms with Crippen LogP contribution in [0.1, 0.15) is 0 Å². The monoisotopic (exact) mass is 312 g/mol. The second-order valence-electron chi connectivity index (χ2n) is 3.54. The molecule has 0 saturated heterocycles. The van der Waals surface area contributed by atoms with E-state index in [-0.39, 0.29) is 0 Å². The molecule has 0 aliphatic rings. The van der Waals surface area contributed by atoms with Gasteiger partial charge in [0.15, 0.2) is 0 Å². The Hall–Kier alpha value is -0.770. The van der Waals surface area contributed by atoms with Gasteiger partial charge in [-0.25, -0.2) is 0 Å². The molecule has 0 atom stereocenters. The topological polar surface area (TPSA) is 20.2 Å². The maximum absolute atomic E-state index is 9.87. The molecule has 1 N–H and O–H groups in total. The van der Waals surface area contributed by atoms with Crippen LogP contribution in [-0.2, 0) is 0 Å². The fourth-order valence-corrected chi connectivity index (χ4v) is 3.49. The molecular formula is C12H6BrClOS. The van der Waals surface area contributed by atoms with Gasteiger partial charge >= 0.3 is 0 Å². The van der Waals surface area contributed by atoms with Gasteiger partial charge in [0.05, 0.1) is 4.70 Å². The molecule has 3 rings (SSSR count). The van der Waals surface area contributed by atoms with Gasteiger partial charge in [-0.3, -0.25) is 0 Å². The van der Waals surface area contributed by atoms with Gasteiger partial charge in [0, 0.05) is 25.0 Å². The lowest BCUT2D eigenvalue weighted by atomic mass is 10.1. The quantitative estimate of drug-likeness (QED) is 0.606. The standard InChI is InChI=1S/C12H6BrClOS/c13-6-3-9-8-5-7(14)1-2-11(8)16-12(9)10(15)4-6/h1-5,15H. The third kappa shape index (κ3) is 1.51. The Balaban J connectivity index is 2.57. The van der Waals surface area contributed by atoms with E-state index in [0.29, 0.717) is 10.8 Å². The molecular weight excluding hydrogens is 308 g/mol. The van der Waals surface area contributed by atoms with Gasteiger partial charge in [-0.05, 0) is 30.3 Å². The van der Waals surface area contributed by atoms with Crippen LogP contribution >= 0.6 is 38.9 Å². The van der Waals surface area contributed by atoms with Crippen LogP contribution in [-0.4, -0.2) is 5.11 Å². The fraction of sp³-hybridized carbons (Fsp3) is 0. The molecule has 1 aromatic heterocycles. The second-order valence-corrected chi connectivity index (χ2v) is 5.95. The molecule has 3 aromatic rings. The summed E-state index contributed by atoms with van der Waals surface area (Å²) in [4.78, 5) is 0. The van der Waals surface area contributed by atoms with Crippen LogP contribution in [0.3, 0.4) is 0 Å². The fourth-order valence-electron chi connectivity index (χ4n) is 1.80. The molecule has 0 aliphatic carbocycles. The van der Waals surface area contributed by atoms with Crippen molar-refractivity contribution in [3.63, 3.8) is 0 Å². The van der Waals surface area contributed by atoms with Gasteiger partial charge < -0.3 is 5.11 Å². The number of thiophene rings is 1. The molecule has 1 heterocycles. The molecule has 80 valence electrons. The van der Waals surface area contributed by atoms with E-state index in [4.69, 9.17) is 11.6 Å². The summed E-state index contributed by atoms with van der Waals surface area (Å²) in [5.74, 6) is 0.307. The van der Waals surface area contributed by atoms with Crippen LogP contribution in [0.2, 0.25) is 5.02 Å². The molecule has 0 radical (unpaired) electrons. The van der Waals surface area contributed by atoms with Crippen molar-refractivity contribution < 1.29 is 5.11 Å². The van der Waals surface area contributed by atoms with Gasteiger partial charge in [0.25, 0.3) is 0 Å². The van der Waals surface area contributed by atoms with Crippen molar-refractivity contribution in [2.45, 2.75) is 0 Å². The molecule has 1 nitrogen and oxygen atoms in total. The lowest BCUT2D eigenvalue weighted by Crippen LogP contribution is -1.70. The minimum absolute atomic E-state index is 0.307. The molecule has 0 spiro atoms. The Morgan fingerprint density at radius 3 is 2.75 bits per heavy atom. The first kappa shape index (κ1) is 10.4. The van der Waals surface area contributed by atoms with Gasteiger partial charge in [-0.15, -0.1) is 11.3 Å². The number of hydrogen-bond acceptors (Lipinski definition) is 2. The van der Waals surface area contributed by atoms with Gasteiger partial charge in [-0.1, -0.05) is 27.5 Å². The van der Waals surface area contributed by atoms with E-state index in [1.54, 1.807) is 17.4 Å². The first-order valence-corrected chi connectivity index (χ1v) is 6.64. The normalized spacial score (nSPS) is 11.4. The molecule has 0 fully saturated rings. The van der Waals surface area contributed by atoms with E-state index in [0.717, 1.165) is 24.6 Å². The van der Waals surface area contributed by atoms with Crippen molar-refractivity contribution in [2.75, 3.05) is 0 Å². The molecule has 0 aliphatic heterocycles. The molecule has 0 saturated carbocycles. The minimum Gasteiger partial charge on any atom is -0.506 e. The zero-order chi connectivity index (χ0) is 11.3. The second kappa shape index (κ2) is 3.62. The first-order chi connectivity index (χ1) is 7.65. The SMILES string of the molecule is Oc1cc(Br)cc2c1sc1ccc(Cl)cc12. The average molecular weight is 314 g/mol. The van der Waals surface area contributed by atoms with Crippen LogP contribution in [0.5, 0.6) is 5.75 Å². The number of phenolic OH excluding ortho intramolecular Hbond substituents is 1. The van der Waals surface area contributed by atoms with Crippen molar-refractivity contribution in [2.24, 2.45) is 0 Å². The summed E-state index contributed by atoms with van der Waals surface area (Å²) in [5.41, 5.74) is 0. The number of rotatable bonds is 0. The van der Waals surface area contributed by atoms with Gasteiger partial charge in [-0.2, -0.15) is 0 Å². The summed E-state index contributed by atoms with van der Waals surface area (Å²) in [6.07, 6.45) is 0. The average Bonchev–Trinajstić information content (AvgIpc) is 2.57. The van der Waals surface area contributed by atoms with Crippen molar-refractivity contribution in [3.05, 3.63) is 39.8 Å². The predicted molar refractivity (Wildman–Crippen MR) is 73.7 cm³/mol. The zero-order valence-corrected chi connectivity index (χ0v) is 11.2. The first-order valence-electron chi connectivity index (χ1n) is 4.65. The maximum Gasteiger partial charge on any atom is 0.134 e. The van der Waals surface area contributed by atoms with Crippen molar-refractivity contribution >= 4 is 59.0 Å². The van der Waals surface area contributed by atoms with Crippen LogP contribution in [0.4, 0.5) is 0 Å². The van der Waals surface area contributed by atoms with Crippen LogP contribution in [0.15, 0.2) is 34.8 Å². The van der Waals surface area contributed by atoms with E-state index in [1.165, 1.54) is 0 Å². The van der Waals surface area contributed by atoms with Gasteiger partial charge in [0.2, 0.25) is 0 Å². The number of benzene rings is 2. The highest BCUT2D eigenvalue weighted by Gasteiger charge is 2.09. The summed E-state index contributed by atoms with van der Waals surface area (Å²) >= 11 is 10.9. The van der Waals surface area contributed by atoms with Crippen LogP contribution in [0.25, 0.3) is 20.2 Å². The van der Waals surface area contributed by atoms with Crippen LogP contribution in [0, 0.1) is 0 Å². The molecule has 0 bridgehead atoms. The summed E-state index contributed by atoms with van der Waals surface area (Å²) in [6, 6.07) is 9.49. The minimum atomic E-state index is 0.307. The van der Waals surface area contributed by atoms with Crippen molar-refractivity contribution in [1.29, 1.82) is 0 Å². The number of fused-ring (bicyclic) bond motifs is 3. The van der Waals surface area contributed by atoms with Crippen molar-refractivity contribution in [1.82, 2.24) is 0 Å².